The predicted molar refractivity (Wildman–Crippen MR) is 440 cm³/mol. The summed E-state index contributed by atoms with van der Waals surface area (Å²) in [7, 11) is 0. The number of allylic oxidation sites excluding steroid dienone is 7. The molecule has 0 saturated heterocycles. The Balaban J connectivity index is 0.000000115. The molecule has 5 aliphatic heterocycles. The first-order valence-electron chi connectivity index (χ1n) is 36.0. The second-order valence-corrected chi connectivity index (χ2v) is 25.7. The van der Waals surface area contributed by atoms with Gasteiger partial charge in [0.25, 0.3) is 0 Å². The highest BCUT2D eigenvalue weighted by atomic mass is 14.8. The van der Waals surface area contributed by atoms with E-state index in [1.165, 1.54) is 88.8 Å². The summed E-state index contributed by atoms with van der Waals surface area (Å²) >= 11 is 0. The average Bonchev–Trinajstić information content (AvgIpc) is 1.61. The molecular weight excluding hydrogens is 1250 g/mol. The van der Waals surface area contributed by atoms with Crippen LogP contribution in [0.1, 0.15) is 107 Å². The van der Waals surface area contributed by atoms with Gasteiger partial charge < -0.3 is 0 Å². The lowest BCUT2D eigenvalue weighted by molar-refractivity contribution is 0.969. The molecule has 0 unspecified atom stereocenters. The standard InChI is InChI=1S/C22H19N.C21H18N2.C18H17N.2C18H15N/c1-2-7-19(8-3-1)22-15-14-21(23-22)13-11-17-10-12-18-6-4-5-9-20(18)16-17;1-2-6-16(7-3-1)21-13-12-19(23-21)10-11-20-14-17-8-4-5-9-18(17)15-22-20;3*1-3-7-15(8-4-1)11-12-17-13-14-18(19-17)16-9-5-2-6-10-16/h1-10,12,15-16H,11,13-14H2;1-9,13-15H,10-12H2;1-10,14H,11-13H2;2*1-12,14H,13H2/b;;;12-11+;. The second kappa shape index (κ2) is 36.6. The maximum absolute atomic E-state index is 4.81. The van der Waals surface area contributed by atoms with Crippen LogP contribution in [0, 0.1) is 0 Å². The van der Waals surface area contributed by atoms with E-state index < -0.39 is 0 Å². The molecule has 103 heavy (non-hydrogen) atoms. The molecule has 6 heterocycles. The van der Waals surface area contributed by atoms with Crippen molar-refractivity contribution in [2.45, 2.75) is 70.6 Å². The molecule has 5 aliphatic rings. The third kappa shape index (κ3) is 20.9. The molecule has 0 amide bonds. The summed E-state index contributed by atoms with van der Waals surface area (Å²) in [5, 5.41) is 5.08. The number of rotatable bonds is 18. The fourth-order valence-corrected chi connectivity index (χ4v) is 12.6. The minimum Gasteiger partial charge on any atom is -0.261 e. The molecule has 0 saturated carbocycles. The molecular formula is C97H84N6. The number of nitrogens with zero attached hydrogens (tertiary/aromatic N) is 6. The van der Waals surface area contributed by atoms with E-state index in [1.807, 2.05) is 103 Å². The Morgan fingerprint density at radius 2 is 0.553 bits per heavy atom. The topological polar surface area (TPSA) is 74.7 Å². The van der Waals surface area contributed by atoms with E-state index in [-0.39, 0.29) is 0 Å². The van der Waals surface area contributed by atoms with Crippen molar-refractivity contribution in [1.82, 2.24) is 4.98 Å². The average molecular weight is 1330 g/mol. The van der Waals surface area contributed by atoms with E-state index in [0.29, 0.717) is 0 Å². The largest absolute Gasteiger partial charge is 0.261 e. The Kier molecular flexibility index (Phi) is 24.6. The lowest BCUT2D eigenvalue weighted by Crippen LogP contribution is -1.98. The molecule has 0 radical (unpaired) electrons. The number of hydrogen-bond donors (Lipinski definition) is 0. The molecule has 6 heteroatoms. The molecule has 11 aromatic carbocycles. The normalized spacial score (nSPS) is 14.2. The van der Waals surface area contributed by atoms with Crippen LogP contribution < -0.4 is 0 Å². The van der Waals surface area contributed by atoms with Gasteiger partial charge >= 0.3 is 0 Å². The second-order valence-electron chi connectivity index (χ2n) is 25.7. The summed E-state index contributed by atoms with van der Waals surface area (Å²) in [6.07, 6.45) is 32.3. The first-order chi connectivity index (χ1) is 51.0. The van der Waals surface area contributed by atoms with Gasteiger partial charge in [0.2, 0.25) is 0 Å². The fraction of sp³-hybridized carbons (Fsp3) is 0.113. The van der Waals surface area contributed by atoms with E-state index >= 15 is 0 Å². The molecule has 0 N–H and O–H groups in total. The Morgan fingerprint density at radius 1 is 0.233 bits per heavy atom. The number of aryl methyl sites for hydroxylation is 3. The number of fused-ring (bicyclic) bond motifs is 2. The van der Waals surface area contributed by atoms with Crippen LogP contribution in [-0.2, 0) is 19.3 Å². The zero-order chi connectivity index (χ0) is 69.7. The number of aromatic nitrogens is 1. The molecule has 0 spiro atoms. The van der Waals surface area contributed by atoms with Crippen LogP contribution in [0.2, 0.25) is 0 Å². The highest BCUT2D eigenvalue weighted by Gasteiger charge is 2.15. The summed E-state index contributed by atoms with van der Waals surface area (Å²) in [4.78, 5) is 28.3. The molecule has 17 rings (SSSR count). The van der Waals surface area contributed by atoms with Gasteiger partial charge in [0, 0.05) is 77.9 Å². The van der Waals surface area contributed by atoms with Crippen molar-refractivity contribution in [2.75, 3.05) is 0 Å². The van der Waals surface area contributed by atoms with E-state index in [4.69, 9.17) is 15.0 Å². The highest BCUT2D eigenvalue weighted by molar-refractivity contribution is 6.06. The van der Waals surface area contributed by atoms with Gasteiger partial charge in [-0.05, 0) is 123 Å². The first kappa shape index (κ1) is 69.1. The summed E-state index contributed by atoms with van der Waals surface area (Å²) < 4.78 is 0. The van der Waals surface area contributed by atoms with E-state index in [2.05, 4.69) is 288 Å². The third-order valence-corrected chi connectivity index (χ3v) is 18.3. The van der Waals surface area contributed by atoms with Gasteiger partial charge in [-0.25, -0.2) is 0 Å². The van der Waals surface area contributed by atoms with Crippen LogP contribution in [-0.4, -0.2) is 33.5 Å². The van der Waals surface area contributed by atoms with E-state index in [0.717, 1.165) is 116 Å². The van der Waals surface area contributed by atoms with Gasteiger partial charge in [-0.15, -0.1) is 0 Å². The molecule has 6 nitrogen and oxygen atoms in total. The van der Waals surface area contributed by atoms with E-state index in [1.54, 1.807) is 0 Å². The minimum atomic E-state index is 0.910. The monoisotopic (exact) mass is 1330 g/mol. The van der Waals surface area contributed by atoms with Crippen molar-refractivity contribution in [1.29, 1.82) is 0 Å². The quantitative estimate of drug-likeness (QED) is 0.0843. The van der Waals surface area contributed by atoms with Crippen LogP contribution in [0.5, 0.6) is 0 Å². The van der Waals surface area contributed by atoms with Crippen LogP contribution >= 0.6 is 0 Å². The lowest BCUT2D eigenvalue weighted by Gasteiger charge is -2.04. The highest BCUT2D eigenvalue weighted by Crippen LogP contribution is 2.29. The van der Waals surface area contributed by atoms with Gasteiger partial charge in [-0.1, -0.05) is 352 Å². The van der Waals surface area contributed by atoms with Crippen molar-refractivity contribution in [3.63, 3.8) is 0 Å². The van der Waals surface area contributed by atoms with Gasteiger partial charge in [0.15, 0.2) is 0 Å². The zero-order valence-corrected chi connectivity index (χ0v) is 58.3. The number of hydrogen-bond acceptors (Lipinski definition) is 6. The SMILES string of the molecule is C(=Cc1ccccc1)C1=NC(c2ccccc2)=CC1.C1=C(c2ccccc2)N=C(/C=C/c2ccccc2)C1.C1=C(c2ccccc2)N=C(CCc2cc3ccccc3cn2)C1.C1=C(c2ccccc2)N=C(CCc2ccc3ccccc3c2)C1.C1=C(c2ccccc2)N=C(CCc2ccccc2)C1. The van der Waals surface area contributed by atoms with Crippen molar-refractivity contribution in [3.05, 3.63) is 420 Å². The summed E-state index contributed by atoms with van der Waals surface area (Å²) in [5.74, 6) is 0. The molecule has 0 aliphatic carbocycles. The first-order valence-corrected chi connectivity index (χ1v) is 36.0. The molecule has 0 bridgehead atoms. The fourth-order valence-electron chi connectivity index (χ4n) is 12.6. The Hall–Kier alpha value is -12.4. The van der Waals surface area contributed by atoms with E-state index in [9.17, 15) is 0 Å². The van der Waals surface area contributed by atoms with Gasteiger partial charge in [0.1, 0.15) is 0 Å². The molecule has 12 aromatic rings. The number of benzene rings is 11. The minimum absolute atomic E-state index is 0.910. The maximum Gasteiger partial charge on any atom is 0.0669 e. The van der Waals surface area contributed by atoms with Crippen LogP contribution in [0.25, 0.3) is 62.2 Å². The van der Waals surface area contributed by atoms with Crippen molar-refractivity contribution < 1.29 is 0 Å². The molecule has 0 atom stereocenters. The number of pyridine rings is 1. The summed E-state index contributed by atoms with van der Waals surface area (Å²) in [6.45, 7) is 0. The summed E-state index contributed by atoms with van der Waals surface area (Å²) in [5.41, 5.74) is 23.9. The molecule has 502 valence electrons. The van der Waals surface area contributed by atoms with Crippen LogP contribution in [0.4, 0.5) is 0 Å². The van der Waals surface area contributed by atoms with Crippen molar-refractivity contribution in [2.24, 2.45) is 25.0 Å². The predicted octanol–water partition coefficient (Wildman–Crippen LogP) is 24.4. The van der Waals surface area contributed by atoms with Crippen LogP contribution in [0.15, 0.2) is 389 Å². The lowest BCUT2D eigenvalue weighted by atomic mass is 10.0. The molecule has 1 aromatic heterocycles. The number of aliphatic imine (C=N–C) groups is 5. The Morgan fingerprint density at radius 3 is 0.971 bits per heavy atom. The smallest absolute Gasteiger partial charge is 0.0669 e. The van der Waals surface area contributed by atoms with Crippen LogP contribution in [0.3, 0.4) is 0 Å². The van der Waals surface area contributed by atoms with Gasteiger partial charge in [-0.2, -0.15) is 0 Å². The molecule has 0 fully saturated rings. The van der Waals surface area contributed by atoms with Crippen molar-refractivity contribution >= 4 is 90.7 Å². The van der Waals surface area contributed by atoms with Gasteiger partial charge in [0.05, 0.1) is 28.5 Å². The Labute approximate surface area is 607 Å². The summed E-state index contributed by atoms with van der Waals surface area (Å²) in [6, 6.07) is 109. The maximum atomic E-state index is 4.81. The Bertz CT molecular complexity index is 4890. The third-order valence-electron chi connectivity index (χ3n) is 18.3. The van der Waals surface area contributed by atoms with Gasteiger partial charge in [-0.3, -0.25) is 29.9 Å². The zero-order valence-electron chi connectivity index (χ0n) is 58.3. The van der Waals surface area contributed by atoms with Crippen molar-refractivity contribution in [3.8, 4) is 0 Å².